The molecule has 0 amide bonds. The second-order valence-electron chi connectivity index (χ2n) is 14.1. The summed E-state index contributed by atoms with van der Waals surface area (Å²) in [5, 5.41) is 9.83. The largest absolute Gasteiger partial charge is 0.490 e. The molecule has 0 aromatic heterocycles. The molecule has 1 heterocycles. The maximum absolute atomic E-state index is 12.0. The fourth-order valence-corrected chi connectivity index (χ4v) is 6.22. The van der Waals surface area contributed by atoms with Crippen LogP contribution in [0.2, 0.25) is 0 Å². The zero-order valence-electron chi connectivity index (χ0n) is 27.7. The lowest BCUT2D eigenvalue weighted by atomic mass is 9.77. The van der Waals surface area contributed by atoms with E-state index in [1.807, 2.05) is 0 Å². The van der Waals surface area contributed by atoms with Gasteiger partial charge in [0.25, 0.3) is 0 Å². The van der Waals surface area contributed by atoms with Gasteiger partial charge in [0, 0.05) is 0 Å². The van der Waals surface area contributed by atoms with Crippen LogP contribution in [0.25, 0.3) is 0 Å². The van der Waals surface area contributed by atoms with Crippen LogP contribution in [-0.2, 0) is 0 Å². The first-order valence-electron chi connectivity index (χ1n) is 16.8. The Balaban J connectivity index is 2.20. The topological polar surface area (TPSA) is 65.0 Å². The van der Waals surface area contributed by atoms with Crippen LogP contribution in [0.15, 0.2) is 12.1 Å². The highest BCUT2D eigenvalue weighted by Crippen LogP contribution is 2.40. The van der Waals surface area contributed by atoms with Gasteiger partial charge in [-0.1, -0.05) is 100 Å². The number of hydrogen-bond acceptors (Lipinski definition) is 4. The number of aromatic carboxylic acids is 1. The average molecular weight is 575 g/mol. The van der Waals surface area contributed by atoms with Crippen LogP contribution >= 0.6 is 0 Å². The van der Waals surface area contributed by atoms with E-state index in [2.05, 4.69) is 55.4 Å². The minimum Gasteiger partial charge on any atom is -0.490 e. The lowest BCUT2D eigenvalue weighted by molar-refractivity contribution is 0.0695. The van der Waals surface area contributed by atoms with Crippen molar-refractivity contribution in [2.45, 2.75) is 126 Å². The second kappa shape index (κ2) is 18.6. The summed E-state index contributed by atoms with van der Waals surface area (Å²) in [6, 6.07) is 3.22. The number of fused-ring (bicyclic) bond motifs is 1. The van der Waals surface area contributed by atoms with Gasteiger partial charge in [-0.05, 0) is 79.2 Å². The summed E-state index contributed by atoms with van der Waals surface area (Å²) in [6.45, 7) is 20.3. The quantitative estimate of drug-likeness (QED) is 0.301. The van der Waals surface area contributed by atoms with E-state index in [4.69, 9.17) is 14.2 Å². The molecule has 0 fully saturated rings. The zero-order valence-corrected chi connectivity index (χ0v) is 27.7. The van der Waals surface area contributed by atoms with Crippen LogP contribution in [0.5, 0.6) is 17.2 Å². The lowest BCUT2D eigenvalue weighted by Gasteiger charge is -2.29. The highest BCUT2D eigenvalue weighted by atomic mass is 16.5. The van der Waals surface area contributed by atoms with Crippen molar-refractivity contribution in [2.75, 3.05) is 19.8 Å². The molecule has 0 aliphatic carbocycles. The zero-order chi connectivity index (χ0) is 30.4. The molecule has 5 nitrogen and oxygen atoms in total. The Kier molecular flexibility index (Phi) is 16.0. The highest BCUT2D eigenvalue weighted by molar-refractivity contribution is 5.89. The standard InChI is InChI=1S/C36H62O5/c1-25(2)11-9-12-27(5)17-20-39-33-23-31(36(37)38)24-34-35(33)41-22-19-29(7)15-16-32(26(3)4)30(8)14-10-13-28(6)18-21-40-34/h23-30,32H,9-22H2,1-8H3,(H,37,38)/t27-,28-,29-,30?,32?/m0/s1. The molecule has 0 radical (unpaired) electrons. The summed E-state index contributed by atoms with van der Waals surface area (Å²) in [4.78, 5) is 12.0. The Morgan fingerprint density at radius 2 is 1.56 bits per heavy atom. The highest BCUT2D eigenvalue weighted by Gasteiger charge is 2.23. The molecule has 1 N–H and O–H groups in total. The van der Waals surface area contributed by atoms with Gasteiger partial charge in [0.2, 0.25) is 5.75 Å². The van der Waals surface area contributed by atoms with Gasteiger partial charge < -0.3 is 19.3 Å². The minimum atomic E-state index is -0.984. The lowest BCUT2D eigenvalue weighted by Crippen LogP contribution is -2.19. The number of carboxylic acids is 1. The summed E-state index contributed by atoms with van der Waals surface area (Å²) >= 11 is 0. The molecule has 1 aromatic carbocycles. The van der Waals surface area contributed by atoms with Crippen molar-refractivity contribution in [1.82, 2.24) is 0 Å². The van der Waals surface area contributed by atoms with Crippen LogP contribution in [0.4, 0.5) is 0 Å². The molecule has 1 aliphatic rings. The average Bonchev–Trinajstić information content (AvgIpc) is 2.89. The third-order valence-electron chi connectivity index (χ3n) is 9.28. The molecule has 5 heteroatoms. The monoisotopic (exact) mass is 574 g/mol. The van der Waals surface area contributed by atoms with Gasteiger partial charge >= 0.3 is 5.97 Å². The van der Waals surface area contributed by atoms with Crippen LogP contribution in [0, 0.1) is 41.4 Å². The van der Waals surface area contributed by atoms with Crippen molar-refractivity contribution in [3.8, 4) is 17.2 Å². The Bertz CT molecular complexity index is 879. The van der Waals surface area contributed by atoms with Crippen LogP contribution in [0.3, 0.4) is 0 Å². The van der Waals surface area contributed by atoms with E-state index >= 15 is 0 Å². The maximum Gasteiger partial charge on any atom is 0.335 e. The number of rotatable bonds is 10. The van der Waals surface area contributed by atoms with E-state index in [1.54, 1.807) is 12.1 Å². The van der Waals surface area contributed by atoms with E-state index in [-0.39, 0.29) is 5.56 Å². The van der Waals surface area contributed by atoms with Crippen molar-refractivity contribution >= 4 is 5.97 Å². The molecule has 236 valence electrons. The van der Waals surface area contributed by atoms with Crippen molar-refractivity contribution in [3.05, 3.63) is 17.7 Å². The molecule has 1 aliphatic heterocycles. The third-order valence-corrected chi connectivity index (χ3v) is 9.28. The number of ether oxygens (including phenoxy) is 3. The number of benzene rings is 1. The molecule has 1 aromatic rings. The van der Waals surface area contributed by atoms with Gasteiger partial charge in [-0.25, -0.2) is 4.79 Å². The van der Waals surface area contributed by atoms with E-state index in [9.17, 15) is 9.90 Å². The molecule has 41 heavy (non-hydrogen) atoms. The summed E-state index contributed by atoms with van der Waals surface area (Å²) in [5.74, 6) is 5.14. The first kappa shape index (κ1) is 35.3. The first-order chi connectivity index (χ1) is 19.5. The van der Waals surface area contributed by atoms with Gasteiger partial charge in [0.05, 0.1) is 25.4 Å². The van der Waals surface area contributed by atoms with Crippen molar-refractivity contribution in [1.29, 1.82) is 0 Å². The van der Waals surface area contributed by atoms with Gasteiger partial charge in [-0.3, -0.25) is 0 Å². The minimum absolute atomic E-state index is 0.174. The number of carbonyl (C=O) groups is 1. The second-order valence-corrected chi connectivity index (χ2v) is 14.1. The number of hydrogen-bond donors (Lipinski definition) is 1. The van der Waals surface area contributed by atoms with Gasteiger partial charge in [0.15, 0.2) is 11.5 Å². The molecule has 2 rings (SSSR count). The van der Waals surface area contributed by atoms with Crippen molar-refractivity contribution in [2.24, 2.45) is 41.4 Å². The van der Waals surface area contributed by atoms with Gasteiger partial charge in [-0.2, -0.15) is 0 Å². The van der Waals surface area contributed by atoms with Crippen molar-refractivity contribution in [3.63, 3.8) is 0 Å². The van der Waals surface area contributed by atoms with Crippen molar-refractivity contribution < 1.29 is 24.1 Å². The molecule has 0 saturated heterocycles. The summed E-state index contributed by atoms with van der Waals surface area (Å²) < 4.78 is 18.9. The van der Waals surface area contributed by atoms with E-state index < -0.39 is 5.97 Å². The first-order valence-corrected chi connectivity index (χ1v) is 16.8. The molecular formula is C36H62O5. The fourth-order valence-electron chi connectivity index (χ4n) is 6.22. The van der Waals surface area contributed by atoms with Crippen LogP contribution in [0.1, 0.15) is 136 Å². The smallest absolute Gasteiger partial charge is 0.335 e. The Morgan fingerprint density at radius 1 is 0.878 bits per heavy atom. The van der Waals surface area contributed by atoms with E-state index in [1.165, 1.54) is 51.4 Å². The molecule has 0 bridgehead atoms. The molecule has 2 unspecified atom stereocenters. The fraction of sp³-hybridized carbons (Fsp3) is 0.806. The summed E-state index contributed by atoms with van der Waals surface area (Å²) in [5.41, 5.74) is 0.174. The number of carboxylic acid groups (broad SMARTS) is 1. The molecule has 0 spiro atoms. The molecule has 0 saturated carbocycles. The molecule has 5 atom stereocenters. The predicted octanol–water partition coefficient (Wildman–Crippen LogP) is 10.3. The normalized spacial score (nSPS) is 24.1. The van der Waals surface area contributed by atoms with Gasteiger partial charge in [0.1, 0.15) is 0 Å². The third kappa shape index (κ3) is 13.3. The van der Waals surface area contributed by atoms with E-state index in [0.717, 1.165) is 37.0 Å². The maximum atomic E-state index is 12.0. The van der Waals surface area contributed by atoms with Gasteiger partial charge in [-0.15, -0.1) is 0 Å². The summed E-state index contributed by atoms with van der Waals surface area (Å²) in [6.07, 6.45) is 12.7. The van der Waals surface area contributed by atoms with E-state index in [0.29, 0.717) is 60.7 Å². The SMILES string of the molecule is CC(C)CCC[C@H](C)CCOc1cc(C(=O)O)cc2c1OCC[C@@H](C)CCC(C(C)C)C(C)CCC[C@H](C)CCO2. The predicted molar refractivity (Wildman–Crippen MR) is 170 cm³/mol. The van der Waals surface area contributed by atoms with Crippen LogP contribution < -0.4 is 14.2 Å². The molecular weight excluding hydrogens is 512 g/mol. The summed E-state index contributed by atoms with van der Waals surface area (Å²) in [7, 11) is 0. The Hall–Kier alpha value is -1.91. The Labute approximate surface area is 252 Å². The Morgan fingerprint density at radius 3 is 2.22 bits per heavy atom. The van der Waals surface area contributed by atoms with Crippen LogP contribution in [-0.4, -0.2) is 30.9 Å².